The minimum Gasteiger partial charge on any atom is -0.144 e. The van der Waals surface area contributed by atoms with E-state index < -0.39 is 0 Å². The minimum absolute atomic E-state index is 0.720. The quantitative estimate of drug-likeness (QED) is 0.651. The first kappa shape index (κ1) is 9.53. The van der Waals surface area contributed by atoms with Gasteiger partial charge in [-0.1, -0.05) is 32.4 Å². The number of hydrogen-bond acceptors (Lipinski definition) is 1. The molecule has 1 atom stereocenters. The van der Waals surface area contributed by atoms with Crippen LogP contribution in [0.2, 0.25) is 0 Å². The van der Waals surface area contributed by atoms with Crippen molar-refractivity contribution in [1.29, 1.82) is 0 Å². The van der Waals surface area contributed by atoms with Gasteiger partial charge in [-0.3, -0.25) is 0 Å². The molecule has 12 heavy (non-hydrogen) atoms. The third-order valence-corrected chi connectivity index (χ3v) is 2.71. The van der Waals surface area contributed by atoms with Crippen LogP contribution in [0, 0.1) is 5.92 Å². The fourth-order valence-electron chi connectivity index (χ4n) is 1.20. The number of thiophene rings is 1. The van der Waals surface area contributed by atoms with Gasteiger partial charge in [0.15, 0.2) is 0 Å². The summed E-state index contributed by atoms with van der Waals surface area (Å²) in [6.45, 7) is 4.50. The molecule has 0 saturated carbocycles. The molecule has 0 N–H and O–H groups in total. The van der Waals surface area contributed by atoms with E-state index in [1.54, 1.807) is 11.3 Å². The zero-order chi connectivity index (χ0) is 8.81. The molecule has 1 aromatic rings. The summed E-state index contributed by atoms with van der Waals surface area (Å²) in [5.41, 5.74) is 0. The number of hydrogen-bond donors (Lipinski definition) is 0. The normalized spacial score (nSPS) is 13.8. The highest BCUT2D eigenvalue weighted by atomic mass is 32.1. The van der Waals surface area contributed by atoms with E-state index in [2.05, 4.69) is 43.5 Å². The Labute approximate surface area is 78.9 Å². The highest BCUT2D eigenvalue weighted by molar-refractivity contribution is 7.10. The molecular formula is C11H16S. The van der Waals surface area contributed by atoms with Gasteiger partial charge in [0.1, 0.15) is 0 Å². The first-order chi connectivity index (χ1) is 5.83. The van der Waals surface area contributed by atoms with Gasteiger partial charge in [-0.25, -0.2) is 0 Å². The first-order valence-electron chi connectivity index (χ1n) is 4.54. The molecule has 0 nitrogen and oxygen atoms in total. The van der Waals surface area contributed by atoms with Crippen LogP contribution in [0.5, 0.6) is 0 Å². The van der Waals surface area contributed by atoms with Crippen LogP contribution in [0.4, 0.5) is 0 Å². The highest BCUT2D eigenvalue weighted by Crippen LogP contribution is 2.14. The molecule has 0 aromatic carbocycles. The highest BCUT2D eigenvalue weighted by Gasteiger charge is 1.93. The molecule has 0 fully saturated rings. The monoisotopic (exact) mass is 180 g/mol. The van der Waals surface area contributed by atoms with Crippen molar-refractivity contribution in [3.8, 4) is 0 Å². The molecule has 0 aliphatic heterocycles. The lowest BCUT2D eigenvalue weighted by Gasteiger charge is -2.00. The molecule has 0 aliphatic rings. The van der Waals surface area contributed by atoms with E-state index in [0.717, 1.165) is 5.92 Å². The molecule has 1 aromatic heterocycles. The Hall–Kier alpha value is -0.560. The molecule has 0 saturated heterocycles. The molecule has 1 unspecified atom stereocenters. The fourth-order valence-corrected chi connectivity index (χ4v) is 1.83. The molecule has 0 spiro atoms. The van der Waals surface area contributed by atoms with Gasteiger partial charge < -0.3 is 0 Å². The van der Waals surface area contributed by atoms with Gasteiger partial charge in [0, 0.05) is 4.88 Å². The number of rotatable bonds is 4. The topological polar surface area (TPSA) is 0 Å². The van der Waals surface area contributed by atoms with Crippen LogP contribution in [0.25, 0.3) is 6.08 Å². The summed E-state index contributed by atoms with van der Waals surface area (Å²) < 4.78 is 0. The van der Waals surface area contributed by atoms with Crippen LogP contribution < -0.4 is 0 Å². The Morgan fingerprint density at radius 3 is 3.00 bits per heavy atom. The van der Waals surface area contributed by atoms with E-state index in [9.17, 15) is 0 Å². The van der Waals surface area contributed by atoms with Crippen LogP contribution in [0.3, 0.4) is 0 Å². The van der Waals surface area contributed by atoms with E-state index in [1.165, 1.54) is 17.7 Å². The maximum atomic E-state index is 2.30. The van der Waals surface area contributed by atoms with Gasteiger partial charge in [0.05, 0.1) is 0 Å². The molecule has 66 valence electrons. The molecule has 0 amide bonds. The maximum absolute atomic E-state index is 2.30. The van der Waals surface area contributed by atoms with Crippen molar-refractivity contribution in [2.45, 2.75) is 26.7 Å². The van der Waals surface area contributed by atoms with Crippen molar-refractivity contribution in [3.05, 3.63) is 28.5 Å². The van der Waals surface area contributed by atoms with Gasteiger partial charge in [0.25, 0.3) is 0 Å². The van der Waals surface area contributed by atoms with E-state index in [0.29, 0.717) is 0 Å². The first-order valence-corrected chi connectivity index (χ1v) is 5.42. The van der Waals surface area contributed by atoms with Crippen LogP contribution in [0.15, 0.2) is 23.6 Å². The third kappa shape index (κ3) is 3.22. The lowest BCUT2D eigenvalue weighted by molar-refractivity contribution is 0.636. The van der Waals surface area contributed by atoms with Gasteiger partial charge in [-0.05, 0) is 29.9 Å². The van der Waals surface area contributed by atoms with Gasteiger partial charge in [0.2, 0.25) is 0 Å². The second-order valence-corrected chi connectivity index (χ2v) is 4.12. The average molecular weight is 180 g/mol. The molecule has 0 bridgehead atoms. The summed E-state index contributed by atoms with van der Waals surface area (Å²) in [4.78, 5) is 1.36. The van der Waals surface area contributed by atoms with Crippen LogP contribution in [0.1, 0.15) is 31.6 Å². The summed E-state index contributed by atoms with van der Waals surface area (Å²) >= 11 is 1.80. The van der Waals surface area contributed by atoms with Gasteiger partial charge >= 0.3 is 0 Å². The Morgan fingerprint density at radius 1 is 1.58 bits per heavy atom. The lowest BCUT2D eigenvalue weighted by Crippen LogP contribution is -1.86. The van der Waals surface area contributed by atoms with Crippen molar-refractivity contribution in [1.82, 2.24) is 0 Å². The Bertz CT molecular complexity index is 221. The van der Waals surface area contributed by atoms with Crippen molar-refractivity contribution in [3.63, 3.8) is 0 Å². The molecule has 1 rings (SSSR count). The maximum Gasteiger partial charge on any atom is 0.0267 e. The van der Waals surface area contributed by atoms with Crippen molar-refractivity contribution in [2.75, 3.05) is 0 Å². The molecule has 0 radical (unpaired) electrons. The predicted molar refractivity (Wildman–Crippen MR) is 57.4 cm³/mol. The smallest absolute Gasteiger partial charge is 0.0267 e. The van der Waals surface area contributed by atoms with Crippen molar-refractivity contribution >= 4 is 17.4 Å². The molecule has 1 heterocycles. The molecule has 1 heteroatoms. The van der Waals surface area contributed by atoms with Crippen LogP contribution in [-0.2, 0) is 0 Å². The third-order valence-electron chi connectivity index (χ3n) is 1.88. The Balaban J connectivity index is 2.40. The second kappa shape index (κ2) is 5.15. The predicted octanol–water partition coefficient (Wildman–Crippen LogP) is 4.20. The summed E-state index contributed by atoms with van der Waals surface area (Å²) in [6, 6.07) is 4.24. The zero-order valence-corrected chi connectivity index (χ0v) is 8.60. The van der Waals surface area contributed by atoms with Crippen LogP contribution in [-0.4, -0.2) is 0 Å². The summed E-state index contributed by atoms with van der Waals surface area (Å²) in [5.74, 6) is 0.720. The largest absolute Gasteiger partial charge is 0.144 e. The molecular weight excluding hydrogens is 164 g/mol. The average Bonchev–Trinajstić information content (AvgIpc) is 2.53. The number of allylic oxidation sites excluding steroid dienone is 1. The fraction of sp³-hybridized carbons (Fsp3) is 0.455. The second-order valence-electron chi connectivity index (χ2n) is 3.14. The Morgan fingerprint density at radius 2 is 2.42 bits per heavy atom. The SMILES string of the molecule is CCCC(C)/C=C/c1cccs1. The van der Waals surface area contributed by atoms with E-state index in [1.807, 2.05) is 0 Å². The van der Waals surface area contributed by atoms with E-state index in [-0.39, 0.29) is 0 Å². The van der Waals surface area contributed by atoms with Crippen LogP contribution >= 0.6 is 11.3 Å². The summed E-state index contributed by atoms with van der Waals surface area (Å²) in [7, 11) is 0. The summed E-state index contributed by atoms with van der Waals surface area (Å²) in [5, 5.41) is 2.12. The zero-order valence-electron chi connectivity index (χ0n) is 7.79. The lowest BCUT2D eigenvalue weighted by atomic mass is 10.1. The molecule has 0 aliphatic carbocycles. The van der Waals surface area contributed by atoms with E-state index in [4.69, 9.17) is 0 Å². The minimum atomic E-state index is 0.720. The standard InChI is InChI=1S/C11H16S/c1-3-5-10(2)7-8-11-6-4-9-12-11/h4,6-10H,3,5H2,1-2H3/b8-7+. The van der Waals surface area contributed by atoms with Gasteiger partial charge in [-0.15, -0.1) is 11.3 Å². The Kier molecular flexibility index (Phi) is 4.09. The van der Waals surface area contributed by atoms with Crippen molar-refractivity contribution < 1.29 is 0 Å². The van der Waals surface area contributed by atoms with Gasteiger partial charge in [-0.2, -0.15) is 0 Å². The van der Waals surface area contributed by atoms with E-state index >= 15 is 0 Å². The summed E-state index contributed by atoms with van der Waals surface area (Å²) in [6.07, 6.45) is 7.10. The van der Waals surface area contributed by atoms with Crippen molar-refractivity contribution in [2.24, 2.45) is 5.92 Å².